The van der Waals surface area contributed by atoms with Crippen LogP contribution in [0, 0.1) is 0 Å². The van der Waals surface area contributed by atoms with E-state index in [4.69, 9.17) is 9.40 Å². The number of imidazole rings is 1. The van der Waals surface area contributed by atoms with Gasteiger partial charge in [0, 0.05) is 17.0 Å². The molecule has 0 aliphatic carbocycles. The van der Waals surface area contributed by atoms with Crippen LogP contribution in [0.3, 0.4) is 0 Å². The van der Waals surface area contributed by atoms with Crippen molar-refractivity contribution in [2.45, 2.75) is 39.5 Å². The molecule has 0 amide bonds. The molecule has 0 atom stereocenters. The fourth-order valence-corrected chi connectivity index (χ4v) is 5.90. The van der Waals surface area contributed by atoms with Crippen molar-refractivity contribution < 1.29 is 4.42 Å². The number of furan rings is 1. The van der Waals surface area contributed by atoms with E-state index in [0.717, 1.165) is 38.8 Å². The number of nitrogens with zero attached hydrogens (tertiary/aromatic N) is 3. The van der Waals surface area contributed by atoms with E-state index in [1.54, 1.807) is 6.20 Å². The molecule has 0 unspecified atom stereocenters. The van der Waals surface area contributed by atoms with Crippen LogP contribution in [-0.2, 0) is 0 Å². The summed E-state index contributed by atoms with van der Waals surface area (Å²) in [7, 11) is 0. The van der Waals surface area contributed by atoms with Gasteiger partial charge in [0.25, 0.3) is 0 Å². The third-order valence-electron chi connectivity index (χ3n) is 7.59. The zero-order valence-corrected chi connectivity index (χ0v) is 22.1. The monoisotopic (exact) mass is 495 g/mol. The van der Waals surface area contributed by atoms with E-state index in [1.165, 1.54) is 27.6 Å². The number of benzene rings is 4. The molecular formula is C34H29N3O. The van der Waals surface area contributed by atoms with Gasteiger partial charge >= 0.3 is 0 Å². The first-order valence-electron chi connectivity index (χ1n) is 13.3. The molecule has 7 rings (SSSR count). The summed E-state index contributed by atoms with van der Waals surface area (Å²) in [5.41, 5.74) is 8.37. The Hall–Kier alpha value is -4.44. The predicted octanol–water partition coefficient (Wildman–Crippen LogP) is 9.39. The summed E-state index contributed by atoms with van der Waals surface area (Å²) in [5, 5.41) is 4.64. The lowest BCUT2D eigenvalue weighted by Crippen LogP contribution is -2.09. The molecule has 0 fully saturated rings. The fraction of sp³-hybridized carbons (Fsp3) is 0.176. The standard InChI is InChI=1S/C34H29N3O/c1-20(2)27-19-22-11-5-6-12-23(22)30(21(3)4)31(27)37-29-17-8-7-16-28(29)36-33(37)26-14-9-13-24-25-15-10-18-35-34(25)38-32(24)26/h5-21H,1-4H3. The van der Waals surface area contributed by atoms with Gasteiger partial charge in [0.2, 0.25) is 5.71 Å². The second-order valence-corrected chi connectivity index (χ2v) is 10.7. The summed E-state index contributed by atoms with van der Waals surface area (Å²) in [4.78, 5) is 9.73. The fourth-order valence-electron chi connectivity index (χ4n) is 5.90. The summed E-state index contributed by atoms with van der Waals surface area (Å²) in [6.45, 7) is 9.14. The minimum absolute atomic E-state index is 0.314. The van der Waals surface area contributed by atoms with Crippen LogP contribution in [-0.4, -0.2) is 14.5 Å². The lowest BCUT2D eigenvalue weighted by Gasteiger charge is -2.25. The van der Waals surface area contributed by atoms with Crippen molar-refractivity contribution in [2.24, 2.45) is 0 Å². The maximum Gasteiger partial charge on any atom is 0.227 e. The van der Waals surface area contributed by atoms with E-state index in [1.807, 2.05) is 6.07 Å². The molecule has 0 spiro atoms. The second kappa shape index (κ2) is 8.56. The third-order valence-corrected chi connectivity index (χ3v) is 7.59. The van der Waals surface area contributed by atoms with Gasteiger partial charge in [0.1, 0.15) is 11.4 Å². The topological polar surface area (TPSA) is 43.9 Å². The van der Waals surface area contributed by atoms with Gasteiger partial charge in [-0.1, -0.05) is 76.2 Å². The summed E-state index contributed by atoms with van der Waals surface area (Å²) in [6, 6.07) is 29.9. The van der Waals surface area contributed by atoms with Crippen LogP contribution in [0.15, 0.2) is 95.5 Å². The van der Waals surface area contributed by atoms with Gasteiger partial charge in [0.15, 0.2) is 0 Å². The highest BCUT2D eigenvalue weighted by atomic mass is 16.3. The minimum Gasteiger partial charge on any atom is -0.437 e. The summed E-state index contributed by atoms with van der Waals surface area (Å²) in [5.74, 6) is 1.52. The molecule has 4 nitrogen and oxygen atoms in total. The third kappa shape index (κ3) is 3.30. The zero-order valence-electron chi connectivity index (χ0n) is 22.1. The first kappa shape index (κ1) is 22.7. The highest BCUT2D eigenvalue weighted by molar-refractivity contribution is 6.08. The Bertz CT molecular complexity index is 1990. The first-order valence-corrected chi connectivity index (χ1v) is 13.3. The van der Waals surface area contributed by atoms with E-state index in [2.05, 4.69) is 116 Å². The molecule has 3 aromatic heterocycles. The molecule has 0 saturated heterocycles. The Kier molecular flexibility index (Phi) is 5.12. The van der Waals surface area contributed by atoms with Gasteiger partial charge in [-0.15, -0.1) is 0 Å². The normalized spacial score (nSPS) is 12.2. The number of hydrogen-bond donors (Lipinski definition) is 0. The molecule has 7 aromatic rings. The number of aromatic nitrogens is 3. The van der Waals surface area contributed by atoms with E-state index in [9.17, 15) is 0 Å². The average molecular weight is 496 g/mol. The molecule has 38 heavy (non-hydrogen) atoms. The van der Waals surface area contributed by atoms with Crippen LogP contribution in [0.4, 0.5) is 0 Å². The zero-order chi connectivity index (χ0) is 26.0. The Morgan fingerprint density at radius 2 is 1.50 bits per heavy atom. The maximum absolute atomic E-state index is 6.39. The molecule has 0 aliphatic heterocycles. The van der Waals surface area contributed by atoms with Crippen molar-refractivity contribution in [2.75, 3.05) is 0 Å². The summed E-state index contributed by atoms with van der Waals surface area (Å²) in [6.07, 6.45) is 1.78. The van der Waals surface area contributed by atoms with Crippen molar-refractivity contribution in [1.82, 2.24) is 14.5 Å². The maximum atomic E-state index is 6.39. The highest BCUT2D eigenvalue weighted by Crippen LogP contribution is 2.43. The molecule has 4 heteroatoms. The van der Waals surface area contributed by atoms with E-state index in [-0.39, 0.29) is 0 Å². The van der Waals surface area contributed by atoms with Crippen molar-refractivity contribution in [1.29, 1.82) is 0 Å². The average Bonchev–Trinajstić information content (AvgIpc) is 3.50. The molecule has 0 radical (unpaired) electrons. The van der Waals surface area contributed by atoms with Gasteiger partial charge in [0.05, 0.1) is 22.3 Å². The van der Waals surface area contributed by atoms with Crippen LogP contribution in [0.2, 0.25) is 0 Å². The highest BCUT2D eigenvalue weighted by Gasteiger charge is 2.25. The Morgan fingerprint density at radius 1 is 0.737 bits per heavy atom. The van der Waals surface area contributed by atoms with Crippen LogP contribution in [0.5, 0.6) is 0 Å². The largest absolute Gasteiger partial charge is 0.437 e. The van der Waals surface area contributed by atoms with E-state index < -0.39 is 0 Å². The lowest BCUT2D eigenvalue weighted by atomic mass is 9.87. The molecule has 0 aliphatic rings. The molecule has 4 aromatic carbocycles. The second-order valence-electron chi connectivity index (χ2n) is 10.7. The molecule has 3 heterocycles. The van der Waals surface area contributed by atoms with E-state index in [0.29, 0.717) is 17.5 Å². The van der Waals surface area contributed by atoms with Gasteiger partial charge in [-0.25, -0.2) is 9.97 Å². The van der Waals surface area contributed by atoms with Gasteiger partial charge in [-0.3, -0.25) is 4.57 Å². The van der Waals surface area contributed by atoms with Gasteiger partial charge in [-0.2, -0.15) is 0 Å². The van der Waals surface area contributed by atoms with E-state index >= 15 is 0 Å². The van der Waals surface area contributed by atoms with Crippen LogP contribution < -0.4 is 0 Å². The van der Waals surface area contributed by atoms with Gasteiger partial charge in [-0.05, 0) is 70.1 Å². The van der Waals surface area contributed by atoms with Crippen LogP contribution >= 0.6 is 0 Å². The summed E-state index contributed by atoms with van der Waals surface area (Å²) >= 11 is 0. The molecular weight excluding hydrogens is 466 g/mol. The predicted molar refractivity (Wildman–Crippen MR) is 157 cm³/mol. The molecule has 0 bridgehead atoms. The van der Waals surface area contributed by atoms with Crippen molar-refractivity contribution in [3.05, 3.63) is 102 Å². The number of para-hydroxylation sites is 3. The first-order chi connectivity index (χ1) is 18.5. The molecule has 186 valence electrons. The minimum atomic E-state index is 0.314. The SMILES string of the molecule is CC(C)c1cc2ccccc2c(C(C)C)c1-n1c(-c2cccc3c2oc2ncccc23)nc2ccccc21. The van der Waals surface area contributed by atoms with Crippen molar-refractivity contribution in [3.8, 4) is 17.1 Å². The number of pyridine rings is 1. The van der Waals surface area contributed by atoms with Crippen LogP contribution in [0.25, 0.3) is 61.0 Å². The number of fused-ring (bicyclic) bond motifs is 5. The Balaban J connectivity index is 1.67. The van der Waals surface area contributed by atoms with Gasteiger partial charge < -0.3 is 4.42 Å². The quantitative estimate of drug-likeness (QED) is 0.244. The Morgan fingerprint density at radius 3 is 2.34 bits per heavy atom. The number of rotatable bonds is 4. The molecule has 0 N–H and O–H groups in total. The van der Waals surface area contributed by atoms with Crippen molar-refractivity contribution >= 4 is 43.9 Å². The lowest BCUT2D eigenvalue weighted by molar-refractivity contribution is 0.654. The smallest absolute Gasteiger partial charge is 0.227 e. The number of hydrogen-bond acceptors (Lipinski definition) is 3. The summed E-state index contributed by atoms with van der Waals surface area (Å²) < 4.78 is 8.76. The molecule has 0 saturated carbocycles. The van der Waals surface area contributed by atoms with Crippen molar-refractivity contribution in [3.63, 3.8) is 0 Å². The Labute approximate surface area is 221 Å². The van der Waals surface area contributed by atoms with Crippen LogP contribution in [0.1, 0.15) is 50.7 Å².